The maximum Gasteiger partial charge on any atom is 0.0458 e. The van der Waals surface area contributed by atoms with Gasteiger partial charge in [0.15, 0.2) is 0 Å². The second-order valence-electron chi connectivity index (χ2n) is 3.41. The van der Waals surface area contributed by atoms with Gasteiger partial charge in [0.05, 0.1) is 0 Å². The number of hydrogen-bond donors (Lipinski definition) is 1. The van der Waals surface area contributed by atoms with Gasteiger partial charge in [0.2, 0.25) is 0 Å². The summed E-state index contributed by atoms with van der Waals surface area (Å²) >= 11 is 1.78. The fourth-order valence-electron chi connectivity index (χ4n) is 1.31. The predicted molar refractivity (Wildman–Crippen MR) is 56.6 cm³/mol. The molecule has 1 nitrogen and oxygen atoms in total. The van der Waals surface area contributed by atoms with Crippen LogP contribution in [0.3, 0.4) is 0 Å². The zero-order chi connectivity index (χ0) is 9.14. The predicted octanol–water partition coefficient (Wildman–Crippen LogP) is 3.48. The number of thiophene rings is 1. The SMILES string of the molecule is CC[C@H](C)[C@@H](C)c1sccc1N. The second kappa shape index (κ2) is 3.94. The van der Waals surface area contributed by atoms with Gasteiger partial charge in [-0.25, -0.2) is 0 Å². The van der Waals surface area contributed by atoms with Crippen molar-refractivity contribution >= 4 is 17.0 Å². The van der Waals surface area contributed by atoms with Gasteiger partial charge in [-0.05, 0) is 23.3 Å². The number of nitrogens with two attached hydrogens (primary N) is 1. The Kier molecular flexibility index (Phi) is 3.15. The van der Waals surface area contributed by atoms with Crippen LogP contribution in [0.1, 0.15) is 38.0 Å². The van der Waals surface area contributed by atoms with Crippen molar-refractivity contribution in [2.45, 2.75) is 33.1 Å². The molecule has 2 N–H and O–H groups in total. The maximum atomic E-state index is 5.84. The zero-order valence-corrected chi connectivity index (χ0v) is 8.82. The van der Waals surface area contributed by atoms with Gasteiger partial charge in [-0.15, -0.1) is 11.3 Å². The number of anilines is 1. The van der Waals surface area contributed by atoms with Gasteiger partial charge in [0.1, 0.15) is 0 Å². The first-order chi connectivity index (χ1) is 5.66. The van der Waals surface area contributed by atoms with Crippen LogP contribution in [0.5, 0.6) is 0 Å². The first-order valence-corrected chi connectivity index (χ1v) is 5.37. The van der Waals surface area contributed by atoms with Gasteiger partial charge < -0.3 is 5.73 Å². The highest BCUT2D eigenvalue weighted by atomic mass is 32.1. The third-order valence-corrected chi connectivity index (χ3v) is 3.77. The van der Waals surface area contributed by atoms with E-state index in [0.717, 1.165) is 11.6 Å². The average molecular weight is 183 g/mol. The summed E-state index contributed by atoms with van der Waals surface area (Å²) in [6, 6.07) is 2.00. The van der Waals surface area contributed by atoms with Crippen LogP contribution in [-0.4, -0.2) is 0 Å². The largest absolute Gasteiger partial charge is 0.398 e. The summed E-state index contributed by atoms with van der Waals surface area (Å²) in [6.45, 7) is 6.77. The summed E-state index contributed by atoms with van der Waals surface area (Å²) in [5.74, 6) is 1.33. The summed E-state index contributed by atoms with van der Waals surface area (Å²) in [5.41, 5.74) is 6.81. The first-order valence-electron chi connectivity index (χ1n) is 4.49. The summed E-state index contributed by atoms with van der Waals surface area (Å²) < 4.78 is 0. The van der Waals surface area contributed by atoms with Crippen LogP contribution in [0.4, 0.5) is 5.69 Å². The lowest BCUT2D eigenvalue weighted by molar-refractivity contribution is 0.479. The molecule has 1 rings (SSSR count). The molecule has 0 bridgehead atoms. The van der Waals surface area contributed by atoms with E-state index < -0.39 is 0 Å². The molecule has 0 amide bonds. The number of nitrogen functional groups attached to an aromatic ring is 1. The van der Waals surface area contributed by atoms with Crippen LogP contribution in [0, 0.1) is 5.92 Å². The highest BCUT2D eigenvalue weighted by molar-refractivity contribution is 7.10. The Labute approximate surface area is 78.6 Å². The lowest BCUT2D eigenvalue weighted by atomic mass is 9.92. The highest BCUT2D eigenvalue weighted by Crippen LogP contribution is 2.33. The van der Waals surface area contributed by atoms with E-state index in [4.69, 9.17) is 5.73 Å². The van der Waals surface area contributed by atoms with Crippen LogP contribution in [0.25, 0.3) is 0 Å². The van der Waals surface area contributed by atoms with Crippen molar-refractivity contribution in [1.82, 2.24) is 0 Å². The van der Waals surface area contributed by atoms with Crippen molar-refractivity contribution in [2.75, 3.05) is 5.73 Å². The molecule has 0 fully saturated rings. The molecule has 0 aliphatic carbocycles. The monoisotopic (exact) mass is 183 g/mol. The molecule has 0 saturated carbocycles. The van der Waals surface area contributed by atoms with E-state index in [2.05, 4.69) is 26.2 Å². The molecular weight excluding hydrogens is 166 g/mol. The summed E-state index contributed by atoms with van der Waals surface area (Å²) in [5, 5.41) is 2.07. The second-order valence-corrected chi connectivity index (χ2v) is 4.36. The van der Waals surface area contributed by atoms with Crippen molar-refractivity contribution in [3.05, 3.63) is 16.3 Å². The summed E-state index contributed by atoms with van der Waals surface area (Å²) in [4.78, 5) is 1.35. The average Bonchev–Trinajstić information content (AvgIpc) is 2.48. The minimum Gasteiger partial charge on any atom is -0.398 e. The molecule has 0 aliphatic rings. The van der Waals surface area contributed by atoms with E-state index in [1.165, 1.54) is 11.3 Å². The van der Waals surface area contributed by atoms with Gasteiger partial charge in [0, 0.05) is 10.6 Å². The number of rotatable bonds is 3. The van der Waals surface area contributed by atoms with Crippen molar-refractivity contribution in [2.24, 2.45) is 5.92 Å². The van der Waals surface area contributed by atoms with E-state index in [-0.39, 0.29) is 0 Å². The first kappa shape index (κ1) is 9.59. The molecule has 0 aliphatic heterocycles. The van der Waals surface area contributed by atoms with E-state index in [9.17, 15) is 0 Å². The third-order valence-electron chi connectivity index (χ3n) is 2.64. The van der Waals surface area contributed by atoms with Gasteiger partial charge in [-0.2, -0.15) is 0 Å². The van der Waals surface area contributed by atoms with Crippen molar-refractivity contribution in [3.8, 4) is 0 Å². The molecule has 68 valence electrons. The van der Waals surface area contributed by atoms with Gasteiger partial charge >= 0.3 is 0 Å². The quantitative estimate of drug-likeness (QED) is 0.762. The van der Waals surface area contributed by atoms with E-state index in [1.54, 1.807) is 11.3 Å². The topological polar surface area (TPSA) is 26.0 Å². The molecule has 0 spiro atoms. The molecule has 0 saturated heterocycles. The highest BCUT2D eigenvalue weighted by Gasteiger charge is 2.15. The minimum atomic E-state index is 0.606. The van der Waals surface area contributed by atoms with Gasteiger partial charge in [-0.3, -0.25) is 0 Å². The molecule has 1 aromatic rings. The Morgan fingerprint density at radius 3 is 2.58 bits per heavy atom. The molecular formula is C10H17NS. The lowest BCUT2D eigenvalue weighted by Gasteiger charge is -2.17. The summed E-state index contributed by atoms with van der Waals surface area (Å²) in [6.07, 6.45) is 1.22. The Balaban J connectivity index is 2.77. The summed E-state index contributed by atoms with van der Waals surface area (Å²) in [7, 11) is 0. The molecule has 2 heteroatoms. The van der Waals surface area contributed by atoms with Gasteiger partial charge in [0.25, 0.3) is 0 Å². The molecule has 0 aromatic carbocycles. The van der Waals surface area contributed by atoms with Crippen LogP contribution < -0.4 is 5.73 Å². The molecule has 1 heterocycles. The Bertz CT molecular complexity index is 242. The van der Waals surface area contributed by atoms with Crippen LogP contribution in [-0.2, 0) is 0 Å². The fraction of sp³-hybridized carbons (Fsp3) is 0.600. The van der Waals surface area contributed by atoms with Crippen molar-refractivity contribution < 1.29 is 0 Å². The van der Waals surface area contributed by atoms with E-state index >= 15 is 0 Å². The standard InChI is InChI=1S/C10H17NS/c1-4-7(2)8(3)10-9(11)5-6-12-10/h5-8H,4,11H2,1-3H3/t7-,8+/m0/s1. The van der Waals surface area contributed by atoms with Crippen LogP contribution in [0.2, 0.25) is 0 Å². The Morgan fingerprint density at radius 1 is 1.50 bits per heavy atom. The fourth-order valence-corrected chi connectivity index (χ4v) is 2.33. The molecule has 0 unspecified atom stereocenters. The normalized spacial score (nSPS) is 15.9. The van der Waals surface area contributed by atoms with E-state index in [0.29, 0.717) is 5.92 Å². The van der Waals surface area contributed by atoms with Crippen molar-refractivity contribution in [3.63, 3.8) is 0 Å². The molecule has 12 heavy (non-hydrogen) atoms. The van der Waals surface area contributed by atoms with Crippen LogP contribution >= 0.6 is 11.3 Å². The Hall–Kier alpha value is -0.500. The van der Waals surface area contributed by atoms with Crippen molar-refractivity contribution in [1.29, 1.82) is 0 Å². The lowest BCUT2D eigenvalue weighted by Crippen LogP contribution is -2.04. The van der Waals surface area contributed by atoms with E-state index in [1.807, 2.05) is 6.07 Å². The zero-order valence-electron chi connectivity index (χ0n) is 8.00. The maximum absolute atomic E-state index is 5.84. The van der Waals surface area contributed by atoms with Gasteiger partial charge in [-0.1, -0.05) is 27.2 Å². The Morgan fingerprint density at radius 2 is 2.17 bits per heavy atom. The minimum absolute atomic E-state index is 0.606. The number of hydrogen-bond acceptors (Lipinski definition) is 2. The third kappa shape index (κ3) is 1.81. The molecule has 2 atom stereocenters. The molecule has 0 radical (unpaired) electrons. The van der Waals surface area contributed by atoms with Crippen LogP contribution in [0.15, 0.2) is 11.4 Å². The smallest absolute Gasteiger partial charge is 0.0458 e. The molecule has 1 aromatic heterocycles.